The normalized spacial score (nSPS) is 13.4. The van der Waals surface area contributed by atoms with Gasteiger partial charge in [0.15, 0.2) is 0 Å². The summed E-state index contributed by atoms with van der Waals surface area (Å²) in [7, 11) is 0. The van der Waals surface area contributed by atoms with Crippen molar-refractivity contribution in [2.24, 2.45) is 0 Å². The number of nitrogens with one attached hydrogen (secondary N) is 1. The molecule has 0 aliphatic rings. The molecule has 374 valence electrons. The fourth-order valence-electron chi connectivity index (χ4n) is 9.07. The molecule has 0 spiro atoms. The lowest BCUT2D eigenvalue weighted by Gasteiger charge is -2.21. The Morgan fingerprint density at radius 3 is 0.921 bits per heavy atom. The van der Waals surface area contributed by atoms with Crippen LogP contribution in [0.1, 0.15) is 316 Å². The Balaban J connectivity index is 3.51. The Morgan fingerprint density at radius 1 is 0.381 bits per heavy atom. The highest BCUT2D eigenvalue weighted by Gasteiger charge is 2.22. The quantitative estimate of drug-likeness (QED) is 0.0362. The minimum Gasteiger partial charge on any atom is -0.394 e. The van der Waals surface area contributed by atoms with Crippen molar-refractivity contribution in [3.63, 3.8) is 0 Å². The zero-order valence-electron chi connectivity index (χ0n) is 42.7. The van der Waals surface area contributed by atoms with Crippen molar-refractivity contribution in [2.45, 2.75) is 334 Å². The van der Waals surface area contributed by atoms with Gasteiger partial charge >= 0.3 is 0 Å². The summed E-state index contributed by atoms with van der Waals surface area (Å²) < 4.78 is 0. The van der Waals surface area contributed by atoms with E-state index in [4.69, 9.17) is 0 Å². The van der Waals surface area contributed by atoms with E-state index in [1.54, 1.807) is 6.08 Å². The Kier molecular flexibility index (Phi) is 52.5. The molecule has 0 aromatic heterocycles. The summed E-state index contributed by atoms with van der Waals surface area (Å²) in [6.45, 7) is 4.22. The van der Waals surface area contributed by atoms with Crippen molar-refractivity contribution in [1.82, 2.24) is 5.32 Å². The Bertz CT molecular complexity index is 936. The molecule has 0 radical (unpaired) electrons. The molecule has 0 fully saturated rings. The first kappa shape index (κ1) is 61.8. The van der Waals surface area contributed by atoms with Crippen molar-refractivity contribution in [2.75, 3.05) is 6.61 Å². The van der Waals surface area contributed by atoms with Crippen molar-refractivity contribution in [1.29, 1.82) is 0 Å². The number of carbonyl (C=O) groups is 1. The molecule has 1 amide bonds. The number of unbranched alkanes of at least 4 members (excludes halogenated alkanes) is 43. The molecule has 0 bridgehead atoms. The number of aliphatic hydroxyl groups is 3. The summed E-state index contributed by atoms with van der Waals surface area (Å²) >= 11 is 0. The van der Waals surface area contributed by atoms with E-state index < -0.39 is 24.2 Å². The molecule has 5 nitrogen and oxygen atoms in total. The summed E-state index contributed by atoms with van der Waals surface area (Å²) in [6, 6.07) is -0.796. The molecule has 0 aromatic carbocycles. The second kappa shape index (κ2) is 53.4. The zero-order valence-corrected chi connectivity index (χ0v) is 42.7. The smallest absolute Gasteiger partial charge is 0.249 e. The van der Waals surface area contributed by atoms with Gasteiger partial charge < -0.3 is 20.6 Å². The predicted molar refractivity (Wildman–Crippen MR) is 278 cm³/mol. The maximum Gasteiger partial charge on any atom is 0.249 e. The van der Waals surface area contributed by atoms with Crippen LogP contribution in [0, 0.1) is 0 Å². The first-order valence-electron chi connectivity index (χ1n) is 28.7. The molecular formula is C58H113NO4. The van der Waals surface area contributed by atoms with E-state index in [1.165, 1.54) is 263 Å². The van der Waals surface area contributed by atoms with Gasteiger partial charge in [0.2, 0.25) is 5.91 Å². The molecule has 0 aliphatic carbocycles. The topological polar surface area (TPSA) is 89.8 Å². The minimum absolute atomic E-state index is 0.360. The standard InChI is InChI=1S/C58H113NO4/c1-3-5-7-9-11-13-15-17-19-21-22-23-24-25-26-27-28-29-30-31-32-33-34-35-37-39-41-43-45-47-49-51-53-57(62)58(63)59-55(54-60)56(61)52-50-48-46-44-42-40-38-36-20-18-16-14-12-10-8-6-4-2/h25-26,50,52,55-57,60-62H,3-24,27-49,51,53-54H2,1-2H3,(H,59,63)/b26-25-,52-50+. The van der Waals surface area contributed by atoms with Gasteiger partial charge in [0.05, 0.1) is 18.8 Å². The van der Waals surface area contributed by atoms with Crippen LogP contribution in [-0.4, -0.2) is 46.1 Å². The number of carbonyl (C=O) groups excluding carboxylic acids is 1. The Labute approximate surface area is 394 Å². The number of hydrogen-bond acceptors (Lipinski definition) is 4. The number of aliphatic hydroxyl groups excluding tert-OH is 3. The lowest BCUT2D eigenvalue weighted by Crippen LogP contribution is -2.48. The fourth-order valence-corrected chi connectivity index (χ4v) is 9.07. The third kappa shape index (κ3) is 48.6. The third-order valence-electron chi connectivity index (χ3n) is 13.5. The van der Waals surface area contributed by atoms with Crippen LogP contribution in [0.4, 0.5) is 0 Å². The fraction of sp³-hybridized carbons (Fsp3) is 0.914. The van der Waals surface area contributed by atoms with E-state index >= 15 is 0 Å². The van der Waals surface area contributed by atoms with Crippen LogP contribution in [0.25, 0.3) is 0 Å². The van der Waals surface area contributed by atoms with Crippen molar-refractivity contribution in [3.05, 3.63) is 24.3 Å². The molecule has 0 saturated carbocycles. The van der Waals surface area contributed by atoms with E-state index in [1.807, 2.05) is 6.08 Å². The highest BCUT2D eigenvalue weighted by molar-refractivity contribution is 5.80. The molecule has 0 saturated heterocycles. The van der Waals surface area contributed by atoms with E-state index in [0.29, 0.717) is 6.42 Å². The summed E-state index contributed by atoms with van der Waals surface area (Å²) in [6.07, 6.45) is 68.4. The second-order valence-electron chi connectivity index (χ2n) is 19.9. The largest absolute Gasteiger partial charge is 0.394 e. The minimum atomic E-state index is -1.10. The maximum atomic E-state index is 12.5. The van der Waals surface area contributed by atoms with E-state index in [0.717, 1.165) is 32.1 Å². The molecule has 0 heterocycles. The monoisotopic (exact) mass is 888 g/mol. The van der Waals surface area contributed by atoms with Crippen LogP contribution in [0.5, 0.6) is 0 Å². The molecular weight excluding hydrogens is 775 g/mol. The highest BCUT2D eigenvalue weighted by atomic mass is 16.3. The van der Waals surface area contributed by atoms with Crippen LogP contribution < -0.4 is 5.32 Å². The van der Waals surface area contributed by atoms with Crippen LogP contribution in [-0.2, 0) is 4.79 Å². The van der Waals surface area contributed by atoms with E-state index in [2.05, 4.69) is 31.3 Å². The Morgan fingerprint density at radius 2 is 0.635 bits per heavy atom. The molecule has 4 N–H and O–H groups in total. The second-order valence-corrected chi connectivity index (χ2v) is 19.9. The molecule has 63 heavy (non-hydrogen) atoms. The van der Waals surface area contributed by atoms with Gasteiger partial charge in [0, 0.05) is 0 Å². The van der Waals surface area contributed by atoms with Gasteiger partial charge in [0.25, 0.3) is 0 Å². The van der Waals surface area contributed by atoms with Gasteiger partial charge in [0.1, 0.15) is 6.10 Å². The maximum absolute atomic E-state index is 12.5. The Hall–Kier alpha value is -1.17. The van der Waals surface area contributed by atoms with Crippen LogP contribution >= 0.6 is 0 Å². The van der Waals surface area contributed by atoms with Gasteiger partial charge in [-0.2, -0.15) is 0 Å². The average molecular weight is 889 g/mol. The molecule has 0 rings (SSSR count). The number of hydrogen-bond donors (Lipinski definition) is 4. The highest BCUT2D eigenvalue weighted by Crippen LogP contribution is 2.17. The molecule has 0 aliphatic heterocycles. The van der Waals surface area contributed by atoms with Crippen molar-refractivity contribution >= 4 is 5.91 Å². The van der Waals surface area contributed by atoms with Gasteiger partial charge in [-0.25, -0.2) is 0 Å². The first-order valence-corrected chi connectivity index (χ1v) is 28.7. The summed E-state index contributed by atoms with van der Waals surface area (Å²) in [5.74, 6) is -0.498. The number of allylic oxidation sites excluding steroid dienone is 3. The van der Waals surface area contributed by atoms with Crippen LogP contribution in [0.2, 0.25) is 0 Å². The van der Waals surface area contributed by atoms with Gasteiger partial charge in [-0.3, -0.25) is 4.79 Å². The molecule has 5 heteroatoms. The number of rotatable bonds is 53. The average Bonchev–Trinajstić information content (AvgIpc) is 3.29. The zero-order chi connectivity index (χ0) is 45.8. The predicted octanol–water partition coefficient (Wildman–Crippen LogP) is 17.7. The molecule has 3 atom stereocenters. The van der Waals surface area contributed by atoms with Crippen molar-refractivity contribution in [3.8, 4) is 0 Å². The summed E-state index contributed by atoms with van der Waals surface area (Å²) in [5, 5.41) is 33.3. The molecule has 0 aromatic rings. The van der Waals surface area contributed by atoms with Gasteiger partial charge in [-0.1, -0.05) is 295 Å². The lowest BCUT2D eigenvalue weighted by atomic mass is 10.0. The molecule has 3 unspecified atom stereocenters. The van der Waals surface area contributed by atoms with E-state index in [-0.39, 0.29) is 6.61 Å². The van der Waals surface area contributed by atoms with Gasteiger partial charge in [-0.05, 0) is 44.9 Å². The van der Waals surface area contributed by atoms with Crippen LogP contribution in [0.3, 0.4) is 0 Å². The van der Waals surface area contributed by atoms with Gasteiger partial charge in [-0.15, -0.1) is 0 Å². The SMILES string of the molecule is CCCCCCCCCCCCCC/C=C\CCCCCCCCCCCCCCCCCCC(O)C(=O)NC(CO)C(O)/C=C/CCCCCCCCCCCCCCCCC. The summed E-state index contributed by atoms with van der Waals surface area (Å²) in [5.41, 5.74) is 0. The third-order valence-corrected chi connectivity index (χ3v) is 13.5. The summed E-state index contributed by atoms with van der Waals surface area (Å²) in [4.78, 5) is 12.5. The van der Waals surface area contributed by atoms with E-state index in [9.17, 15) is 20.1 Å². The van der Waals surface area contributed by atoms with Crippen LogP contribution in [0.15, 0.2) is 24.3 Å². The number of amides is 1. The van der Waals surface area contributed by atoms with Crippen molar-refractivity contribution < 1.29 is 20.1 Å². The first-order chi connectivity index (χ1) is 31.1. The lowest BCUT2D eigenvalue weighted by molar-refractivity contribution is -0.131.